The molecule has 28 heavy (non-hydrogen) atoms. The van der Waals surface area contributed by atoms with E-state index in [4.69, 9.17) is 9.47 Å². The van der Waals surface area contributed by atoms with Crippen LogP contribution in [0.1, 0.15) is 60.7 Å². The second-order valence-electron chi connectivity index (χ2n) is 8.19. The number of rotatable bonds is 0. The number of amides is 1. The summed E-state index contributed by atoms with van der Waals surface area (Å²) in [7, 11) is 0. The van der Waals surface area contributed by atoms with Crippen molar-refractivity contribution in [3.8, 4) is 0 Å². The van der Waals surface area contributed by atoms with Gasteiger partial charge in [-0.25, -0.2) is 0 Å². The number of carbonyl (C=O) groups is 2. The number of fused-ring (bicyclic) bond motifs is 2. The van der Waals surface area contributed by atoms with Crippen molar-refractivity contribution in [3.05, 3.63) is 52.6 Å². The Balaban J connectivity index is 1.99. The van der Waals surface area contributed by atoms with Gasteiger partial charge < -0.3 is 14.8 Å². The maximum absolute atomic E-state index is 12.9. The molecule has 1 unspecified atom stereocenters. The molecule has 2 aliphatic rings. The molecule has 5 nitrogen and oxygen atoms in total. The number of benzene rings is 1. The molecule has 2 heterocycles. The molecule has 1 amide bonds. The summed E-state index contributed by atoms with van der Waals surface area (Å²) in [4.78, 5) is 25.5. The van der Waals surface area contributed by atoms with E-state index in [9.17, 15) is 9.59 Å². The first kappa shape index (κ1) is 20.5. The highest BCUT2D eigenvalue weighted by Crippen LogP contribution is 2.31. The van der Waals surface area contributed by atoms with Gasteiger partial charge in [-0.05, 0) is 64.7 Å². The maximum atomic E-state index is 12.9. The number of ether oxygens (including phenoxy) is 2. The first-order valence-corrected chi connectivity index (χ1v) is 9.81. The smallest absolute Gasteiger partial charge is 0.252 e. The van der Waals surface area contributed by atoms with Gasteiger partial charge >= 0.3 is 0 Å². The molecule has 0 bridgehead atoms. The van der Waals surface area contributed by atoms with Crippen molar-refractivity contribution in [2.75, 3.05) is 0 Å². The summed E-state index contributed by atoms with van der Waals surface area (Å²) in [5, 5.41) is 3.03. The Kier molecular flexibility index (Phi) is 5.87. The van der Waals surface area contributed by atoms with Crippen molar-refractivity contribution in [1.82, 2.24) is 5.32 Å². The number of nitrogens with one attached hydrogen (secondary N) is 1. The minimum absolute atomic E-state index is 0.0926. The van der Waals surface area contributed by atoms with E-state index in [-0.39, 0.29) is 23.8 Å². The summed E-state index contributed by atoms with van der Waals surface area (Å²) in [6.07, 6.45) is 7.35. The van der Waals surface area contributed by atoms with E-state index in [1.807, 2.05) is 58.9 Å². The van der Waals surface area contributed by atoms with Crippen LogP contribution in [0.15, 0.2) is 30.4 Å². The average molecular weight is 383 g/mol. The van der Waals surface area contributed by atoms with Crippen LogP contribution in [0, 0.1) is 13.8 Å². The minimum atomic E-state index is -0.795. The van der Waals surface area contributed by atoms with Crippen molar-refractivity contribution in [1.29, 1.82) is 0 Å². The van der Waals surface area contributed by atoms with Crippen molar-refractivity contribution < 1.29 is 19.1 Å². The molecule has 5 heteroatoms. The summed E-state index contributed by atoms with van der Waals surface area (Å²) < 4.78 is 11.8. The van der Waals surface area contributed by atoms with Gasteiger partial charge in [0.05, 0.1) is 6.10 Å². The highest BCUT2D eigenvalue weighted by molar-refractivity contribution is 5.99. The predicted molar refractivity (Wildman–Crippen MR) is 109 cm³/mol. The first-order valence-electron chi connectivity index (χ1n) is 9.81. The van der Waals surface area contributed by atoms with Crippen molar-refractivity contribution in [3.63, 3.8) is 0 Å². The zero-order valence-electron chi connectivity index (χ0n) is 17.2. The molecule has 0 radical (unpaired) electrons. The summed E-state index contributed by atoms with van der Waals surface area (Å²) in [6, 6.07) is 3.93. The molecule has 0 saturated carbocycles. The van der Waals surface area contributed by atoms with E-state index in [0.717, 1.165) is 16.7 Å². The Hall–Kier alpha value is -2.24. The lowest BCUT2D eigenvalue weighted by atomic mass is 9.96. The summed E-state index contributed by atoms with van der Waals surface area (Å²) >= 11 is 0. The van der Waals surface area contributed by atoms with Gasteiger partial charge in [-0.1, -0.05) is 35.9 Å². The van der Waals surface area contributed by atoms with Gasteiger partial charge in [0.1, 0.15) is 6.10 Å². The van der Waals surface area contributed by atoms with E-state index >= 15 is 0 Å². The third-order valence-corrected chi connectivity index (χ3v) is 5.02. The Morgan fingerprint density at radius 2 is 1.75 bits per heavy atom. The third kappa shape index (κ3) is 4.59. The molecule has 3 atom stereocenters. The number of hydrogen-bond donors (Lipinski definition) is 1. The SMILES string of the molecule is Cc1cc(C)c2c(c1)/C=C/C[C@@H]1OC(C)(C)O[C@@H]1C(=O)/C=C\CC(C)NC2=O. The summed E-state index contributed by atoms with van der Waals surface area (Å²) in [5.41, 5.74) is 3.60. The van der Waals surface area contributed by atoms with Gasteiger partial charge in [-0.15, -0.1) is 0 Å². The Labute approximate surface area is 166 Å². The topological polar surface area (TPSA) is 64.6 Å². The van der Waals surface area contributed by atoms with Gasteiger partial charge in [-0.2, -0.15) is 0 Å². The molecule has 0 aromatic heterocycles. The molecule has 3 rings (SSSR count). The van der Waals surface area contributed by atoms with Crippen molar-refractivity contribution in [2.24, 2.45) is 0 Å². The Morgan fingerprint density at radius 1 is 1.04 bits per heavy atom. The van der Waals surface area contributed by atoms with Crippen molar-refractivity contribution >= 4 is 17.8 Å². The molecule has 1 N–H and O–H groups in total. The lowest BCUT2D eigenvalue weighted by Gasteiger charge is -2.17. The van der Waals surface area contributed by atoms with Crippen LogP contribution < -0.4 is 5.32 Å². The largest absolute Gasteiger partial charge is 0.349 e. The standard InChI is InChI=1S/C23H29NO4/c1-14-12-15(2)20-17(13-14)9-7-11-19-21(28-23(4,5)27-19)18(25)10-6-8-16(3)24-22(20)26/h6-7,9-10,12-13,16,19,21H,8,11H2,1-5H3,(H,24,26)/b9-7+,10-6-/t16?,19-,21+/m0/s1. The van der Waals surface area contributed by atoms with Crippen LogP contribution >= 0.6 is 0 Å². The second kappa shape index (κ2) is 8.02. The predicted octanol–water partition coefficient (Wildman–Crippen LogP) is 3.87. The highest BCUT2D eigenvalue weighted by atomic mass is 16.8. The minimum Gasteiger partial charge on any atom is -0.349 e. The number of aryl methyl sites for hydroxylation is 2. The van der Waals surface area contributed by atoms with Gasteiger partial charge in [0.2, 0.25) is 0 Å². The van der Waals surface area contributed by atoms with Gasteiger partial charge in [-0.3, -0.25) is 9.59 Å². The fraction of sp³-hybridized carbons (Fsp3) is 0.478. The quantitative estimate of drug-likeness (QED) is 0.739. The molecule has 1 aromatic carbocycles. The molecular weight excluding hydrogens is 354 g/mol. The van der Waals surface area contributed by atoms with E-state index in [1.54, 1.807) is 12.2 Å². The molecule has 1 saturated heterocycles. The van der Waals surface area contributed by atoms with Crippen LogP contribution in [0.5, 0.6) is 0 Å². The molecule has 1 fully saturated rings. The lowest BCUT2D eigenvalue weighted by molar-refractivity contribution is -0.152. The van der Waals surface area contributed by atoms with Gasteiger partial charge in [0, 0.05) is 11.6 Å². The molecule has 0 spiro atoms. The number of ketones is 1. The fourth-order valence-electron chi connectivity index (χ4n) is 3.86. The number of hydrogen-bond acceptors (Lipinski definition) is 4. The van der Waals surface area contributed by atoms with Gasteiger partial charge in [0.15, 0.2) is 11.6 Å². The van der Waals surface area contributed by atoms with Crippen LogP contribution in [-0.4, -0.2) is 35.7 Å². The molecule has 0 aliphatic carbocycles. The third-order valence-electron chi connectivity index (χ3n) is 5.02. The molecule has 1 aromatic rings. The average Bonchev–Trinajstić information content (AvgIpc) is 2.88. The van der Waals surface area contributed by atoms with Gasteiger partial charge in [0.25, 0.3) is 5.91 Å². The fourth-order valence-corrected chi connectivity index (χ4v) is 3.86. The van der Waals surface area contributed by atoms with E-state index in [2.05, 4.69) is 5.32 Å². The summed E-state index contributed by atoms with van der Waals surface area (Å²) in [6.45, 7) is 9.54. The zero-order valence-corrected chi connectivity index (χ0v) is 17.2. The highest BCUT2D eigenvalue weighted by Gasteiger charge is 2.43. The maximum Gasteiger partial charge on any atom is 0.252 e. The number of carbonyl (C=O) groups excluding carboxylic acids is 2. The molecule has 2 aliphatic heterocycles. The first-order chi connectivity index (χ1) is 13.2. The van der Waals surface area contributed by atoms with Crippen LogP contribution in [0.4, 0.5) is 0 Å². The van der Waals surface area contributed by atoms with Crippen LogP contribution in [-0.2, 0) is 14.3 Å². The lowest BCUT2D eigenvalue weighted by Crippen LogP contribution is -2.33. The van der Waals surface area contributed by atoms with Crippen molar-refractivity contribution in [2.45, 2.75) is 71.5 Å². The Bertz CT molecular complexity index is 837. The van der Waals surface area contributed by atoms with Crippen LogP contribution in [0.25, 0.3) is 6.08 Å². The van der Waals surface area contributed by atoms with E-state index in [1.165, 1.54) is 0 Å². The monoisotopic (exact) mass is 383 g/mol. The van der Waals surface area contributed by atoms with Crippen LogP contribution in [0.2, 0.25) is 0 Å². The normalized spacial score (nSPS) is 30.0. The second-order valence-corrected chi connectivity index (χ2v) is 8.19. The molecular formula is C23H29NO4. The zero-order chi connectivity index (χ0) is 20.5. The molecule has 150 valence electrons. The Morgan fingerprint density at radius 3 is 2.50 bits per heavy atom. The van der Waals surface area contributed by atoms with E-state index < -0.39 is 11.9 Å². The summed E-state index contributed by atoms with van der Waals surface area (Å²) in [5.74, 6) is -0.996. The van der Waals surface area contributed by atoms with Crippen LogP contribution in [0.3, 0.4) is 0 Å². The van der Waals surface area contributed by atoms with E-state index in [0.29, 0.717) is 18.4 Å².